The van der Waals surface area contributed by atoms with Crippen LogP contribution < -0.4 is 4.90 Å². The summed E-state index contributed by atoms with van der Waals surface area (Å²) in [6.07, 6.45) is 6.78. The quantitative estimate of drug-likeness (QED) is 0.659. The Bertz CT molecular complexity index is 1040. The molecule has 0 N–H and O–H groups in total. The number of aromatic nitrogens is 3. The minimum absolute atomic E-state index is 0.229. The zero-order valence-electron chi connectivity index (χ0n) is 16.4. The Morgan fingerprint density at radius 2 is 2.07 bits per heavy atom. The first-order valence-corrected chi connectivity index (χ1v) is 11.0. The number of pyridine rings is 1. The number of carbonyl (C=O) groups excluding carboxylic acids is 1. The maximum atomic E-state index is 12.1. The van der Waals surface area contributed by atoms with Crippen molar-refractivity contribution in [2.45, 2.75) is 26.2 Å². The molecule has 0 unspecified atom stereocenters. The lowest BCUT2D eigenvalue weighted by atomic mass is 10.1. The average molecular weight is 410 g/mol. The predicted molar refractivity (Wildman–Crippen MR) is 113 cm³/mol. The van der Waals surface area contributed by atoms with E-state index < -0.39 is 0 Å². The smallest absolute Gasteiger partial charge is 0.409 e. The molecular formula is C21H23N5O2S. The molecule has 0 bridgehead atoms. The largest absolute Gasteiger partial charge is 0.450 e. The van der Waals surface area contributed by atoms with E-state index >= 15 is 0 Å². The number of anilines is 1. The van der Waals surface area contributed by atoms with Crippen molar-refractivity contribution in [2.24, 2.45) is 0 Å². The van der Waals surface area contributed by atoms with Gasteiger partial charge in [-0.25, -0.2) is 14.8 Å². The highest BCUT2D eigenvalue weighted by Crippen LogP contribution is 2.41. The molecule has 150 valence electrons. The number of carbonyl (C=O) groups is 1. The monoisotopic (exact) mass is 409 g/mol. The van der Waals surface area contributed by atoms with Crippen LogP contribution in [-0.4, -0.2) is 58.7 Å². The van der Waals surface area contributed by atoms with Crippen molar-refractivity contribution in [1.29, 1.82) is 0 Å². The van der Waals surface area contributed by atoms with Crippen LogP contribution in [0.3, 0.4) is 0 Å². The molecule has 3 aromatic rings. The highest BCUT2D eigenvalue weighted by Gasteiger charge is 2.28. The number of nitrogens with zero attached hydrogens (tertiary/aromatic N) is 5. The fraction of sp³-hybridized carbons (Fsp3) is 0.429. The van der Waals surface area contributed by atoms with Crippen molar-refractivity contribution >= 4 is 33.5 Å². The van der Waals surface area contributed by atoms with Crippen LogP contribution in [0.15, 0.2) is 24.5 Å². The number of rotatable bonds is 3. The van der Waals surface area contributed by atoms with Crippen LogP contribution in [0.1, 0.15) is 23.8 Å². The van der Waals surface area contributed by atoms with E-state index in [-0.39, 0.29) is 6.09 Å². The van der Waals surface area contributed by atoms with Crippen LogP contribution in [0, 0.1) is 0 Å². The number of aryl methyl sites for hydroxylation is 2. The molecule has 0 radical (unpaired) electrons. The maximum absolute atomic E-state index is 12.1. The number of hydrogen-bond acceptors (Lipinski definition) is 7. The third kappa shape index (κ3) is 3.31. The molecule has 3 aromatic heterocycles. The zero-order valence-corrected chi connectivity index (χ0v) is 17.2. The van der Waals surface area contributed by atoms with Gasteiger partial charge in [0, 0.05) is 49.0 Å². The van der Waals surface area contributed by atoms with Gasteiger partial charge in [-0.2, -0.15) is 0 Å². The van der Waals surface area contributed by atoms with Gasteiger partial charge in [0.2, 0.25) is 0 Å². The summed E-state index contributed by atoms with van der Waals surface area (Å²) < 4.78 is 5.16. The Balaban J connectivity index is 1.53. The van der Waals surface area contributed by atoms with Gasteiger partial charge >= 0.3 is 6.09 Å². The average Bonchev–Trinajstić information content (AvgIpc) is 3.35. The Labute approximate surface area is 173 Å². The number of ether oxygens (including phenoxy) is 1. The number of amides is 1. The summed E-state index contributed by atoms with van der Waals surface area (Å²) >= 11 is 1.80. The molecule has 4 heterocycles. The van der Waals surface area contributed by atoms with Crippen LogP contribution in [0.2, 0.25) is 0 Å². The second kappa shape index (κ2) is 7.59. The van der Waals surface area contributed by atoms with Gasteiger partial charge in [-0.1, -0.05) is 0 Å². The molecule has 1 saturated heterocycles. The van der Waals surface area contributed by atoms with Gasteiger partial charge in [-0.15, -0.1) is 11.3 Å². The molecule has 29 heavy (non-hydrogen) atoms. The van der Waals surface area contributed by atoms with Crippen LogP contribution in [0.5, 0.6) is 0 Å². The second-order valence-corrected chi connectivity index (χ2v) is 8.41. The molecule has 5 rings (SSSR count). The summed E-state index contributed by atoms with van der Waals surface area (Å²) in [5, 5.41) is 1.21. The molecule has 0 saturated carbocycles. The molecule has 7 nitrogen and oxygen atoms in total. The predicted octanol–water partition coefficient (Wildman–Crippen LogP) is 3.52. The second-order valence-electron chi connectivity index (χ2n) is 7.32. The summed E-state index contributed by atoms with van der Waals surface area (Å²) in [7, 11) is 0. The van der Waals surface area contributed by atoms with E-state index in [1.165, 1.54) is 22.2 Å². The topological polar surface area (TPSA) is 71.5 Å². The molecule has 8 heteroatoms. The lowest BCUT2D eigenvalue weighted by Gasteiger charge is -2.35. The molecule has 1 amide bonds. The minimum atomic E-state index is -0.229. The van der Waals surface area contributed by atoms with Crippen LogP contribution in [0.25, 0.3) is 21.6 Å². The summed E-state index contributed by atoms with van der Waals surface area (Å²) in [6, 6.07) is 3.91. The number of hydrogen-bond donors (Lipinski definition) is 0. The Morgan fingerprint density at radius 3 is 2.83 bits per heavy atom. The lowest BCUT2D eigenvalue weighted by Crippen LogP contribution is -2.49. The molecular weight excluding hydrogens is 386 g/mol. The van der Waals surface area contributed by atoms with E-state index in [1.807, 2.05) is 25.3 Å². The normalized spacial score (nSPS) is 16.3. The first kappa shape index (κ1) is 18.3. The molecule has 0 spiro atoms. The van der Waals surface area contributed by atoms with E-state index in [1.54, 1.807) is 22.4 Å². The van der Waals surface area contributed by atoms with Crippen molar-refractivity contribution in [1.82, 2.24) is 19.9 Å². The molecule has 1 fully saturated rings. The van der Waals surface area contributed by atoms with Gasteiger partial charge in [0.1, 0.15) is 10.6 Å². The fourth-order valence-corrected chi connectivity index (χ4v) is 5.40. The summed E-state index contributed by atoms with van der Waals surface area (Å²) in [6.45, 7) is 4.99. The van der Waals surface area contributed by atoms with E-state index in [2.05, 4.69) is 9.88 Å². The number of thiophene rings is 1. The molecule has 0 atom stereocenters. The van der Waals surface area contributed by atoms with Crippen LogP contribution in [0.4, 0.5) is 10.6 Å². The van der Waals surface area contributed by atoms with Gasteiger partial charge in [-0.05, 0) is 43.9 Å². The first-order chi connectivity index (χ1) is 14.2. The number of piperazine rings is 1. The highest BCUT2D eigenvalue weighted by atomic mass is 32.1. The summed E-state index contributed by atoms with van der Waals surface area (Å²) in [5.74, 6) is 1.71. The third-order valence-electron chi connectivity index (χ3n) is 5.57. The first-order valence-electron chi connectivity index (χ1n) is 10.1. The van der Waals surface area contributed by atoms with Gasteiger partial charge in [0.15, 0.2) is 5.82 Å². The summed E-state index contributed by atoms with van der Waals surface area (Å²) in [5.41, 5.74) is 2.35. The third-order valence-corrected chi connectivity index (χ3v) is 6.76. The van der Waals surface area contributed by atoms with Gasteiger partial charge in [0.05, 0.1) is 12.0 Å². The standard InChI is InChI=1S/C21H23N5O2S/c1-2-28-21(27)26-11-9-25(10-12-26)19-17-15-6-3-7-16(15)29-20(17)24-18(23-19)14-5-4-8-22-13-14/h4-5,8,13H,2-3,6-7,9-12H2,1H3. The molecule has 2 aliphatic rings. The van der Waals surface area contributed by atoms with Crippen molar-refractivity contribution in [3.8, 4) is 11.4 Å². The number of fused-ring (bicyclic) bond motifs is 3. The lowest BCUT2D eigenvalue weighted by molar-refractivity contribution is 0.105. The van der Waals surface area contributed by atoms with Crippen LogP contribution in [-0.2, 0) is 17.6 Å². The molecule has 1 aliphatic heterocycles. The minimum Gasteiger partial charge on any atom is -0.450 e. The van der Waals surface area contributed by atoms with E-state index in [0.29, 0.717) is 25.5 Å². The highest BCUT2D eigenvalue weighted by molar-refractivity contribution is 7.19. The van der Waals surface area contributed by atoms with Crippen molar-refractivity contribution in [2.75, 3.05) is 37.7 Å². The zero-order chi connectivity index (χ0) is 19.8. The maximum Gasteiger partial charge on any atom is 0.409 e. The van der Waals surface area contributed by atoms with E-state index in [4.69, 9.17) is 14.7 Å². The van der Waals surface area contributed by atoms with E-state index in [9.17, 15) is 4.79 Å². The Hall–Kier alpha value is -2.74. The van der Waals surface area contributed by atoms with Gasteiger partial charge in [0.25, 0.3) is 0 Å². The van der Waals surface area contributed by atoms with Crippen LogP contribution >= 0.6 is 11.3 Å². The SMILES string of the molecule is CCOC(=O)N1CCN(c2nc(-c3cccnc3)nc3sc4c(c23)CCC4)CC1. The van der Waals surface area contributed by atoms with Crippen molar-refractivity contribution < 1.29 is 9.53 Å². The van der Waals surface area contributed by atoms with Gasteiger partial charge in [-0.3, -0.25) is 4.98 Å². The van der Waals surface area contributed by atoms with Crippen molar-refractivity contribution in [3.63, 3.8) is 0 Å². The van der Waals surface area contributed by atoms with Crippen molar-refractivity contribution in [3.05, 3.63) is 35.0 Å². The van der Waals surface area contributed by atoms with Gasteiger partial charge < -0.3 is 14.5 Å². The molecule has 0 aromatic carbocycles. The Kier molecular flexibility index (Phi) is 4.79. The molecule has 1 aliphatic carbocycles. The van der Waals surface area contributed by atoms with E-state index in [0.717, 1.165) is 42.1 Å². The Morgan fingerprint density at radius 1 is 1.21 bits per heavy atom. The summed E-state index contributed by atoms with van der Waals surface area (Å²) in [4.78, 5) is 32.8. The fourth-order valence-electron chi connectivity index (χ4n) is 4.15.